The van der Waals surface area contributed by atoms with Gasteiger partial charge in [-0.2, -0.15) is 5.10 Å². The van der Waals surface area contributed by atoms with Gasteiger partial charge in [0, 0.05) is 11.9 Å². The lowest BCUT2D eigenvalue weighted by molar-refractivity contribution is -0.131. The molecule has 1 amide bonds. The number of hydrogen-bond acceptors (Lipinski definition) is 6. The van der Waals surface area contributed by atoms with Crippen LogP contribution in [0.4, 0.5) is 0 Å². The van der Waals surface area contributed by atoms with Crippen molar-refractivity contribution in [2.45, 2.75) is 25.5 Å². The number of esters is 1. The number of nitrogens with zero attached hydrogens (tertiary/aromatic N) is 3. The number of thioether (sulfide) groups is 1. The van der Waals surface area contributed by atoms with Crippen LogP contribution in [0.25, 0.3) is 11.0 Å². The van der Waals surface area contributed by atoms with E-state index >= 15 is 0 Å². The highest BCUT2D eigenvalue weighted by Gasteiger charge is 2.14. The maximum Gasteiger partial charge on any atom is 0.308 e. The molecule has 0 aliphatic carbocycles. The number of carbonyl (C=O) groups is 2. The number of ether oxygens (including phenoxy) is 1. The molecule has 35 heavy (non-hydrogen) atoms. The van der Waals surface area contributed by atoms with Crippen molar-refractivity contribution in [1.29, 1.82) is 0 Å². The van der Waals surface area contributed by atoms with E-state index < -0.39 is 0 Å². The zero-order valence-corrected chi connectivity index (χ0v) is 20.8. The second kappa shape index (κ2) is 11.2. The fourth-order valence-corrected chi connectivity index (χ4v) is 4.42. The number of imidazole rings is 1. The monoisotopic (exact) mass is 506 g/mol. The van der Waals surface area contributed by atoms with Crippen molar-refractivity contribution < 1.29 is 14.3 Å². The first kappa shape index (κ1) is 24.5. The normalized spacial score (nSPS) is 11.5. The topological polar surface area (TPSA) is 85.6 Å². The van der Waals surface area contributed by atoms with Crippen molar-refractivity contribution in [2.24, 2.45) is 5.10 Å². The predicted octanol–water partition coefficient (Wildman–Crippen LogP) is 5.30. The molecule has 0 saturated carbocycles. The molecular weight excluding hydrogens is 484 g/mol. The SMILES string of the molecule is CC(=O)Oc1ccc(/C(C)=N/NC(=O)CSc2nc3ccccc3n2Cc2ccccc2Cl)cc1. The molecule has 7 nitrogen and oxygen atoms in total. The lowest BCUT2D eigenvalue weighted by atomic mass is 10.1. The van der Waals surface area contributed by atoms with Crippen LogP contribution in [0.15, 0.2) is 83.1 Å². The third kappa shape index (κ3) is 6.29. The Labute approximate surface area is 212 Å². The quantitative estimate of drug-likeness (QED) is 0.115. The Kier molecular flexibility index (Phi) is 7.84. The number of hydrazone groups is 1. The highest BCUT2D eigenvalue weighted by molar-refractivity contribution is 7.99. The van der Waals surface area contributed by atoms with Gasteiger partial charge in [0.05, 0.1) is 29.0 Å². The van der Waals surface area contributed by atoms with E-state index in [0.29, 0.717) is 23.0 Å². The molecule has 1 heterocycles. The third-order valence-corrected chi connectivity index (χ3v) is 6.47. The van der Waals surface area contributed by atoms with Crippen molar-refractivity contribution in [3.63, 3.8) is 0 Å². The highest BCUT2D eigenvalue weighted by Crippen LogP contribution is 2.27. The van der Waals surface area contributed by atoms with Crippen molar-refractivity contribution >= 4 is 52.0 Å². The van der Waals surface area contributed by atoms with Gasteiger partial charge >= 0.3 is 5.97 Å². The van der Waals surface area contributed by atoms with Crippen molar-refractivity contribution in [1.82, 2.24) is 15.0 Å². The molecule has 3 aromatic carbocycles. The lowest BCUT2D eigenvalue weighted by Crippen LogP contribution is -2.21. The summed E-state index contributed by atoms with van der Waals surface area (Å²) in [5, 5.41) is 5.60. The predicted molar refractivity (Wildman–Crippen MR) is 139 cm³/mol. The third-order valence-electron chi connectivity index (χ3n) is 5.12. The van der Waals surface area contributed by atoms with Crippen LogP contribution in [-0.4, -0.2) is 32.9 Å². The van der Waals surface area contributed by atoms with Gasteiger partial charge in [0.25, 0.3) is 5.91 Å². The summed E-state index contributed by atoms with van der Waals surface area (Å²) in [5.74, 6) is -0.0294. The first-order valence-corrected chi connectivity index (χ1v) is 12.2. The van der Waals surface area contributed by atoms with Gasteiger partial charge in [0.1, 0.15) is 5.75 Å². The van der Waals surface area contributed by atoms with Crippen molar-refractivity contribution in [3.05, 3.63) is 88.9 Å². The molecule has 0 aliphatic heterocycles. The van der Waals surface area contributed by atoms with E-state index in [1.807, 2.05) is 48.5 Å². The van der Waals surface area contributed by atoms with E-state index in [4.69, 9.17) is 21.3 Å². The Balaban J connectivity index is 1.43. The Morgan fingerprint density at radius 1 is 1.03 bits per heavy atom. The first-order valence-electron chi connectivity index (χ1n) is 10.8. The highest BCUT2D eigenvalue weighted by atomic mass is 35.5. The van der Waals surface area contributed by atoms with Crippen LogP contribution in [0.1, 0.15) is 25.0 Å². The summed E-state index contributed by atoms with van der Waals surface area (Å²) in [6.07, 6.45) is 0. The number of carbonyl (C=O) groups excluding carboxylic acids is 2. The number of fused-ring (bicyclic) bond motifs is 1. The Morgan fingerprint density at radius 3 is 2.49 bits per heavy atom. The zero-order valence-electron chi connectivity index (χ0n) is 19.2. The molecule has 0 radical (unpaired) electrons. The van der Waals surface area contributed by atoms with Crippen molar-refractivity contribution in [2.75, 3.05) is 5.75 Å². The Bertz CT molecular complexity index is 1400. The molecule has 4 rings (SSSR count). The largest absolute Gasteiger partial charge is 0.427 e. The summed E-state index contributed by atoms with van der Waals surface area (Å²) in [6, 6.07) is 22.4. The number of rotatable bonds is 8. The van der Waals surface area contributed by atoms with E-state index in [0.717, 1.165) is 27.3 Å². The second-order valence-corrected chi connectivity index (χ2v) is 9.05. The van der Waals surface area contributed by atoms with Gasteiger partial charge in [0.2, 0.25) is 0 Å². The van der Waals surface area contributed by atoms with Gasteiger partial charge < -0.3 is 9.30 Å². The number of benzene rings is 3. The van der Waals surface area contributed by atoms with Crippen LogP contribution in [-0.2, 0) is 16.1 Å². The van der Waals surface area contributed by atoms with Gasteiger partial charge in [-0.3, -0.25) is 9.59 Å². The molecular formula is C26H23ClN4O3S. The summed E-state index contributed by atoms with van der Waals surface area (Å²) >= 11 is 7.72. The minimum Gasteiger partial charge on any atom is -0.427 e. The molecule has 4 aromatic rings. The number of nitrogens with one attached hydrogen (secondary N) is 1. The fourth-order valence-electron chi connectivity index (χ4n) is 3.42. The Morgan fingerprint density at radius 2 is 1.74 bits per heavy atom. The lowest BCUT2D eigenvalue weighted by Gasteiger charge is -2.10. The first-order chi connectivity index (χ1) is 16.9. The number of para-hydroxylation sites is 2. The molecule has 0 fully saturated rings. The standard InChI is InChI=1S/C26H23ClN4O3S/c1-17(19-11-13-21(14-12-19)34-18(2)32)29-30-25(33)16-35-26-28-23-9-5-6-10-24(23)31(26)15-20-7-3-4-8-22(20)27/h3-14H,15-16H2,1-2H3,(H,30,33)/b29-17+. The van der Waals surface area contributed by atoms with Crippen LogP contribution < -0.4 is 10.2 Å². The minimum atomic E-state index is -0.381. The van der Waals surface area contributed by atoms with Gasteiger partial charge in [-0.25, -0.2) is 10.4 Å². The molecule has 0 bridgehead atoms. The molecule has 0 saturated heterocycles. The minimum absolute atomic E-state index is 0.147. The molecule has 0 unspecified atom stereocenters. The van der Waals surface area contributed by atoms with Crippen LogP contribution in [0.2, 0.25) is 5.02 Å². The van der Waals surface area contributed by atoms with Gasteiger partial charge in [0.15, 0.2) is 5.16 Å². The number of halogens is 1. The van der Waals surface area contributed by atoms with E-state index in [2.05, 4.69) is 15.1 Å². The van der Waals surface area contributed by atoms with E-state index in [9.17, 15) is 9.59 Å². The molecule has 1 aromatic heterocycles. The van der Waals surface area contributed by atoms with Crippen LogP contribution in [0.3, 0.4) is 0 Å². The molecule has 1 N–H and O–H groups in total. The van der Waals surface area contributed by atoms with Gasteiger partial charge in [-0.1, -0.05) is 53.7 Å². The number of amides is 1. The van der Waals surface area contributed by atoms with Crippen molar-refractivity contribution in [3.8, 4) is 5.75 Å². The molecule has 0 atom stereocenters. The molecule has 0 aliphatic rings. The van der Waals surface area contributed by atoms with Crippen LogP contribution in [0, 0.1) is 0 Å². The summed E-state index contributed by atoms with van der Waals surface area (Å²) in [6.45, 7) is 3.68. The average Bonchev–Trinajstić information content (AvgIpc) is 3.20. The molecule has 9 heteroatoms. The maximum absolute atomic E-state index is 12.5. The van der Waals surface area contributed by atoms with E-state index in [-0.39, 0.29) is 17.6 Å². The summed E-state index contributed by atoms with van der Waals surface area (Å²) in [7, 11) is 0. The van der Waals surface area contributed by atoms with E-state index in [1.54, 1.807) is 31.2 Å². The fraction of sp³-hybridized carbons (Fsp3) is 0.154. The Hall–Kier alpha value is -3.62. The van der Waals surface area contributed by atoms with Gasteiger partial charge in [-0.05, 0) is 60.5 Å². The number of hydrogen-bond donors (Lipinski definition) is 1. The maximum atomic E-state index is 12.5. The van der Waals surface area contributed by atoms with Gasteiger partial charge in [-0.15, -0.1) is 0 Å². The van der Waals surface area contributed by atoms with Crippen LogP contribution in [0.5, 0.6) is 5.75 Å². The van der Waals surface area contributed by atoms with Crippen LogP contribution >= 0.6 is 23.4 Å². The summed E-state index contributed by atoms with van der Waals surface area (Å²) in [4.78, 5) is 28.3. The van der Waals surface area contributed by atoms with E-state index in [1.165, 1.54) is 18.7 Å². The second-order valence-electron chi connectivity index (χ2n) is 7.70. The summed E-state index contributed by atoms with van der Waals surface area (Å²) in [5.41, 5.74) is 6.83. The summed E-state index contributed by atoms with van der Waals surface area (Å²) < 4.78 is 7.09. The molecule has 178 valence electrons. The molecule has 0 spiro atoms. The number of aromatic nitrogens is 2. The smallest absolute Gasteiger partial charge is 0.308 e. The zero-order chi connectivity index (χ0) is 24.8. The average molecular weight is 507 g/mol.